The fourth-order valence-corrected chi connectivity index (χ4v) is 2.31. The summed E-state index contributed by atoms with van der Waals surface area (Å²) in [6, 6.07) is 5.80. The lowest BCUT2D eigenvalue weighted by molar-refractivity contribution is -0.153. The van der Waals surface area contributed by atoms with Gasteiger partial charge in [-0.25, -0.2) is 0 Å². The molecule has 0 amide bonds. The van der Waals surface area contributed by atoms with Crippen molar-refractivity contribution >= 4 is 5.97 Å². The SMILES string of the molecule is Cc1nn(Cc2ccccn2)c(C)c1CC(=O)OC(C)(C)C. The number of pyridine rings is 1. The lowest BCUT2D eigenvalue weighted by Crippen LogP contribution is -2.25. The molecule has 0 saturated carbocycles. The van der Waals surface area contributed by atoms with Gasteiger partial charge >= 0.3 is 5.97 Å². The van der Waals surface area contributed by atoms with Gasteiger partial charge in [0.15, 0.2) is 0 Å². The minimum Gasteiger partial charge on any atom is -0.460 e. The second-order valence-corrected chi connectivity index (χ2v) is 6.39. The van der Waals surface area contributed by atoms with Gasteiger partial charge in [-0.3, -0.25) is 14.5 Å². The Hall–Kier alpha value is -2.17. The Morgan fingerprint density at radius 1 is 1.27 bits per heavy atom. The molecule has 0 N–H and O–H groups in total. The van der Waals surface area contributed by atoms with Crippen molar-refractivity contribution in [2.45, 2.75) is 53.2 Å². The summed E-state index contributed by atoms with van der Waals surface area (Å²) in [5.41, 5.74) is 3.25. The smallest absolute Gasteiger partial charge is 0.310 e. The van der Waals surface area contributed by atoms with Crippen LogP contribution in [0.2, 0.25) is 0 Å². The van der Waals surface area contributed by atoms with Crippen molar-refractivity contribution in [3.05, 3.63) is 47.0 Å². The maximum Gasteiger partial charge on any atom is 0.310 e. The molecule has 0 fully saturated rings. The van der Waals surface area contributed by atoms with E-state index in [0.717, 1.165) is 22.6 Å². The van der Waals surface area contributed by atoms with Crippen molar-refractivity contribution in [2.75, 3.05) is 0 Å². The molecule has 0 bridgehead atoms. The van der Waals surface area contributed by atoms with Gasteiger partial charge in [-0.2, -0.15) is 5.10 Å². The summed E-state index contributed by atoms with van der Waals surface area (Å²) in [4.78, 5) is 16.3. The molecule has 5 nitrogen and oxygen atoms in total. The van der Waals surface area contributed by atoms with Gasteiger partial charge in [0.25, 0.3) is 0 Å². The van der Waals surface area contributed by atoms with Crippen molar-refractivity contribution in [1.82, 2.24) is 14.8 Å². The van der Waals surface area contributed by atoms with E-state index in [1.807, 2.05) is 57.5 Å². The average Bonchev–Trinajstić information content (AvgIpc) is 2.66. The molecule has 2 heterocycles. The first-order valence-corrected chi connectivity index (χ1v) is 7.41. The van der Waals surface area contributed by atoms with Gasteiger partial charge in [0, 0.05) is 17.5 Å². The summed E-state index contributed by atoms with van der Waals surface area (Å²) in [5, 5.41) is 4.52. The Morgan fingerprint density at radius 3 is 2.59 bits per heavy atom. The molecule has 0 aliphatic heterocycles. The molecule has 0 saturated heterocycles. The van der Waals surface area contributed by atoms with Gasteiger partial charge in [-0.05, 0) is 46.8 Å². The number of aryl methyl sites for hydroxylation is 1. The van der Waals surface area contributed by atoms with E-state index < -0.39 is 5.60 Å². The van der Waals surface area contributed by atoms with Crippen molar-refractivity contribution in [2.24, 2.45) is 0 Å². The fourth-order valence-electron chi connectivity index (χ4n) is 2.31. The highest BCUT2D eigenvalue weighted by Crippen LogP contribution is 2.17. The Bertz CT molecular complexity index is 655. The number of rotatable bonds is 4. The summed E-state index contributed by atoms with van der Waals surface area (Å²) < 4.78 is 7.28. The highest BCUT2D eigenvalue weighted by Gasteiger charge is 2.20. The zero-order chi connectivity index (χ0) is 16.3. The summed E-state index contributed by atoms with van der Waals surface area (Å²) >= 11 is 0. The summed E-state index contributed by atoms with van der Waals surface area (Å²) in [6.07, 6.45) is 2.01. The van der Waals surface area contributed by atoms with Crippen LogP contribution in [0.15, 0.2) is 24.4 Å². The number of aromatic nitrogens is 3. The van der Waals surface area contributed by atoms with Crippen LogP contribution in [0, 0.1) is 13.8 Å². The summed E-state index contributed by atoms with van der Waals surface area (Å²) in [5.74, 6) is -0.226. The van der Waals surface area contributed by atoms with Crippen LogP contribution >= 0.6 is 0 Å². The van der Waals surface area contributed by atoms with Gasteiger partial charge < -0.3 is 4.74 Å². The molecule has 2 rings (SSSR count). The first-order valence-electron chi connectivity index (χ1n) is 7.41. The van der Waals surface area contributed by atoms with Crippen LogP contribution in [0.3, 0.4) is 0 Å². The molecular formula is C17H23N3O2. The molecule has 0 radical (unpaired) electrons. The largest absolute Gasteiger partial charge is 0.460 e. The van der Waals surface area contributed by atoms with Crippen molar-refractivity contribution in [3.63, 3.8) is 0 Å². The number of hydrogen-bond donors (Lipinski definition) is 0. The highest BCUT2D eigenvalue weighted by molar-refractivity contribution is 5.73. The number of esters is 1. The Morgan fingerprint density at radius 2 is 2.00 bits per heavy atom. The lowest BCUT2D eigenvalue weighted by atomic mass is 10.1. The quantitative estimate of drug-likeness (QED) is 0.815. The van der Waals surface area contributed by atoms with Gasteiger partial charge in [0.2, 0.25) is 0 Å². The van der Waals surface area contributed by atoms with Crippen LogP contribution in [0.1, 0.15) is 43.4 Å². The minimum atomic E-state index is -0.469. The van der Waals surface area contributed by atoms with E-state index in [-0.39, 0.29) is 12.4 Å². The average molecular weight is 301 g/mol. The first-order chi connectivity index (χ1) is 10.3. The summed E-state index contributed by atoms with van der Waals surface area (Å²) in [6.45, 7) is 10.1. The normalized spacial score (nSPS) is 11.5. The number of ether oxygens (including phenoxy) is 1. The Labute approximate surface area is 131 Å². The third-order valence-electron chi connectivity index (χ3n) is 3.31. The fraction of sp³-hybridized carbons (Fsp3) is 0.471. The molecule has 2 aromatic rings. The van der Waals surface area contributed by atoms with Crippen LogP contribution in [-0.2, 0) is 22.5 Å². The predicted octanol–water partition coefficient (Wildman–Crippen LogP) is 2.83. The van der Waals surface area contributed by atoms with Crippen molar-refractivity contribution in [1.29, 1.82) is 0 Å². The maximum absolute atomic E-state index is 12.0. The Balaban J connectivity index is 2.15. The predicted molar refractivity (Wildman–Crippen MR) is 84.6 cm³/mol. The second-order valence-electron chi connectivity index (χ2n) is 6.39. The number of nitrogens with zero attached hydrogens (tertiary/aromatic N) is 3. The molecule has 0 spiro atoms. The van der Waals surface area contributed by atoms with Gasteiger partial charge in [0.05, 0.1) is 24.4 Å². The second kappa shape index (κ2) is 6.30. The first kappa shape index (κ1) is 16.2. The van der Waals surface area contributed by atoms with Crippen LogP contribution in [0.4, 0.5) is 0 Å². The molecule has 2 aromatic heterocycles. The molecule has 0 unspecified atom stereocenters. The third kappa shape index (κ3) is 4.16. The van der Waals surface area contributed by atoms with E-state index in [0.29, 0.717) is 6.54 Å². The van der Waals surface area contributed by atoms with E-state index in [1.54, 1.807) is 6.20 Å². The monoisotopic (exact) mass is 301 g/mol. The van der Waals surface area contributed by atoms with Gasteiger partial charge in [-0.15, -0.1) is 0 Å². The van der Waals surface area contributed by atoms with Crippen molar-refractivity contribution in [3.8, 4) is 0 Å². The molecule has 0 aliphatic rings. The zero-order valence-corrected chi connectivity index (χ0v) is 13.9. The minimum absolute atomic E-state index is 0.226. The summed E-state index contributed by atoms with van der Waals surface area (Å²) in [7, 11) is 0. The highest BCUT2D eigenvalue weighted by atomic mass is 16.6. The zero-order valence-electron chi connectivity index (χ0n) is 13.9. The van der Waals surface area contributed by atoms with E-state index in [2.05, 4.69) is 10.1 Å². The van der Waals surface area contributed by atoms with Crippen LogP contribution in [-0.4, -0.2) is 26.3 Å². The molecule has 0 atom stereocenters. The van der Waals surface area contributed by atoms with Gasteiger partial charge in [-0.1, -0.05) is 6.07 Å². The third-order valence-corrected chi connectivity index (χ3v) is 3.31. The number of carbonyl (C=O) groups excluding carboxylic acids is 1. The molecule has 118 valence electrons. The van der Waals surface area contributed by atoms with Crippen LogP contribution in [0.5, 0.6) is 0 Å². The number of carbonyl (C=O) groups is 1. The molecular weight excluding hydrogens is 278 g/mol. The van der Waals surface area contributed by atoms with Crippen molar-refractivity contribution < 1.29 is 9.53 Å². The molecule has 0 aromatic carbocycles. The topological polar surface area (TPSA) is 57.0 Å². The van der Waals surface area contributed by atoms with Crippen LogP contribution in [0.25, 0.3) is 0 Å². The lowest BCUT2D eigenvalue weighted by Gasteiger charge is -2.19. The standard InChI is InChI=1S/C17H23N3O2/c1-12-15(10-16(21)22-17(3,4)5)13(2)20(19-12)11-14-8-6-7-9-18-14/h6-9H,10-11H2,1-5H3. The molecule has 5 heteroatoms. The maximum atomic E-state index is 12.0. The van der Waals surface area contributed by atoms with Crippen LogP contribution < -0.4 is 0 Å². The Kier molecular flexibility index (Phi) is 4.64. The molecule has 22 heavy (non-hydrogen) atoms. The molecule has 0 aliphatic carbocycles. The van der Waals surface area contributed by atoms with E-state index in [9.17, 15) is 4.79 Å². The number of hydrogen-bond acceptors (Lipinski definition) is 4. The van der Waals surface area contributed by atoms with E-state index in [4.69, 9.17) is 4.74 Å². The van der Waals surface area contributed by atoms with E-state index in [1.165, 1.54) is 0 Å². The van der Waals surface area contributed by atoms with E-state index >= 15 is 0 Å². The van der Waals surface area contributed by atoms with Gasteiger partial charge in [0.1, 0.15) is 5.60 Å².